The number of nitrogens with zero attached hydrogens (tertiary/aromatic N) is 2. The number of benzene rings is 9. The Hall–Kier alpha value is -7.10. The maximum absolute atomic E-state index is 6.87. The van der Waals surface area contributed by atoms with Gasteiger partial charge in [0, 0.05) is 44.0 Å². The van der Waals surface area contributed by atoms with Crippen molar-refractivity contribution in [3.8, 4) is 16.8 Å². The quantitative estimate of drug-likeness (QED) is 0.181. The third-order valence-corrected chi connectivity index (χ3v) is 10.7. The Morgan fingerprint density at radius 1 is 0.358 bits per heavy atom. The summed E-state index contributed by atoms with van der Waals surface area (Å²) >= 11 is 0. The van der Waals surface area contributed by atoms with E-state index < -0.39 is 0 Å². The number of hydrogen-bond donors (Lipinski definition) is 0. The van der Waals surface area contributed by atoms with E-state index in [2.05, 4.69) is 204 Å². The maximum Gasteiger partial charge on any atom is 0.159 e. The lowest BCUT2D eigenvalue weighted by Gasteiger charge is -2.26. The molecule has 0 spiro atoms. The fourth-order valence-corrected chi connectivity index (χ4v) is 8.24. The number of para-hydroxylation sites is 3. The van der Waals surface area contributed by atoms with Gasteiger partial charge in [0.05, 0.1) is 16.7 Å². The van der Waals surface area contributed by atoms with Gasteiger partial charge in [-0.2, -0.15) is 0 Å². The summed E-state index contributed by atoms with van der Waals surface area (Å²) in [6.07, 6.45) is 0. The van der Waals surface area contributed by atoms with E-state index in [-0.39, 0.29) is 0 Å². The second-order valence-corrected chi connectivity index (χ2v) is 13.8. The highest BCUT2D eigenvalue weighted by atomic mass is 16.3. The highest BCUT2D eigenvalue weighted by molar-refractivity contribution is 6.17. The zero-order valence-corrected chi connectivity index (χ0v) is 28.8. The van der Waals surface area contributed by atoms with Crippen molar-refractivity contribution in [1.82, 2.24) is 4.57 Å². The highest BCUT2D eigenvalue weighted by Crippen LogP contribution is 2.44. The van der Waals surface area contributed by atoms with Gasteiger partial charge in [-0.25, -0.2) is 0 Å². The van der Waals surface area contributed by atoms with Crippen molar-refractivity contribution in [1.29, 1.82) is 0 Å². The molecule has 0 amide bonds. The minimum absolute atomic E-state index is 0.872. The first-order chi connectivity index (χ1) is 26.3. The summed E-state index contributed by atoms with van der Waals surface area (Å²) in [5, 5.41) is 9.42. The van der Waals surface area contributed by atoms with Crippen molar-refractivity contribution in [3.05, 3.63) is 194 Å². The maximum atomic E-state index is 6.87. The average Bonchev–Trinajstić information content (AvgIpc) is 3.78. The van der Waals surface area contributed by atoms with Gasteiger partial charge in [0.25, 0.3) is 0 Å². The summed E-state index contributed by atoms with van der Waals surface area (Å²) in [7, 11) is 0. The number of aromatic nitrogens is 1. The Bertz CT molecular complexity index is 3170. The van der Waals surface area contributed by atoms with Crippen LogP contribution in [0.4, 0.5) is 17.1 Å². The van der Waals surface area contributed by atoms with Crippen molar-refractivity contribution >= 4 is 82.4 Å². The largest absolute Gasteiger partial charge is 0.453 e. The number of fused-ring (bicyclic) bond motifs is 9. The monoisotopic (exact) mass is 676 g/mol. The molecule has 11 rings (SSSR count). The molecule has 9 aromatic carbocycles. The van der Waals surface area contributed by atoms with Gasteiger partial charge in [0.1, 0.15) is 5.58 Å². The molecular formula is C50H32N2O. The van der Waals surface area contributed by atoms with Gasteiger partial charge in [0.2, 0.25) is 0 Å². The zero-order chi connectivity index (χ0) is 34.9. The van der Waals surface area contributed by atoms with E-state index in [4.69, 9.17) is 4.42 Å². The summed E-state index contributed by atoms with van der Waals surface area (Å²) in [4.78, 5) is 2.33. The lowest BCUT2D eigenvalue weighted by atomic mass is 10.0. The number of hydrogen-bond acceptors (Lipinski definition) is 2. The number of anilines is 3. The van der Waals surface area contributed by atoms with E-state index in [0.717, 1.165) is 50.1 Å². The van der Waals surface area contributed by atoms with Gasteiger partial charge in [0.15, 0.2) is 5.58 Å². The Morgan fingerprint density at radius 3 is 1.87 bits per heavy atom. The summed E-state index contributed by atoms with van der Waals surface area (Å²) in [6, 6.07) is 69.7. The van der Waals surface area contributed by atoms with Crippen LogP contribution in [-0.4, -0.2) is 4.57 Å². The minimum atomic E-state index is 0.872. The lowest BCUT2D eigenvalue weighted by Crippen LogP contribution is -2.10. The van der Waals surface area contributed by atoms with Crippen LogP contribution in [0.2, 0.25) is 0 Å². The first kappa shape index (κ1) is 29.6. The molecule has 0 bridgehead atoms. The van der Waals surface area contributed by atoms with Gasteiger partial charge in [-0.05, 0) is 94.0 Å². The molecule has 2 heterocycles. The predicted octanol–water partition coefficient (Wildman–Crippen LogP) is 14.1. The summed E-state index contributed by atoms with van der Waals surface area (Å²) in [6.45, 7) is 0. The lowest BCUT2D eigenvalue weighted by molar-refractivity contribution is 0.673. The van der Waals surface area contributed by atoms with Crippen molar-refractivity contribution in [3.63, 3.8) is 0 Å². The third-order valence-electron chi connectivity index (χ3n) is 10.7. The molecule has 0 saturated carbocycles. The van der Waals surface area contributed by atoms with E-state index in [1.807, 2.05) is 0 Å². The van der Waals surface area contributed by atoms with Gasteiger partial charge >= 0.3 is 0 Å². The molecule has 0 unspecified atom stereocenters. The van der Waals surface area contributed by atoms with Gasteiger partial charge in [-0.1, -0.05) is 127 Å². The minimum Gasteiger partial charge on any atom is -0.453 e. The smallest absolute Gasteiger partial charge is 0.159 e. The Balaban J connectivity index is 1.07. The normalized spacial score (nSPS) is 11.8. The summed E-state index contributed by atoms with van der Waals surface area (Å²) < 4.78 is 9.23. The van der Waals surface area contributed by atoms with Crippen molar-refractivity contribution in [2.75, 3.05) is 4.90 Å². The Labute approximate surface area is 306 Å². The van der Waals surface area contributed by atoms with Crippen LogP contribution in [-0.2, 0) is 0 Å². The van der Waals surface area contributed by atoms with E-state index in [0.29, 0.717) is 0 Å². The molecule has 0 fully saturated rings. The second kappa shape index (κ2) is 11.7. The van der Waals surface area contributed by atoms with Crippen LogP contribution in [0.1, 0.15) is 0 Å². The van der Waals surface area contributed by atoms with E-state index in [1.165, 1.54) is 49.1 Å². The molecule has 0 saturated heterocycles. The van der Waals surface area contributed by atoms with E-state index in [1.54, 1.807) is 0 Å². The van der Waals surface area contributed by atoms with Crippen molar-refractivity contribution < 1.29 is 4.42 Å². The van der Waals surface area contributed by atoms with E-state index >= 15 is 0 Å². The van der Waals surface area contributed by atoms with Gasteiger partial charge < -0.3 is 13.9 Å². The van der Waals surface area contributed by atoms with Crippen LogP contribution in [0.5, 0.6) is 0 Å². The first-order valence-corrected chi connectivity index (χ1v) is 18.1. The van der Waals surface area contributed by atoms with Gasteiger partial charge in [-0.15, -0.1) is 0 Å². The molecule has 0 aliphatic heterocycles. The number of rotatable bonds is 5. The molecule has 0 aliphatic rings. The molecule has 248 valence electrons. The second-order valence-electron chi connectivity index (χ2n) is 13.8. The average molecular weight is 677 g/mol. The summed E-state index contributed by atoms with van der Waals surface area (Å²) in [5.74, 6) is 0. The van der Waals surface area contributed by atoms with Crippen LogP contribution in [0.3, 0.4) is 0 Å². The SMILES string of the molecule is c1ccc(-n2c3ccccc3c3cc(-c4ccc(N(c5ccc6ccccc6c5)c5cccc6c5oc5c7ccccc7ccc65)cc4)ccc32)cc1. The number of furan rings is 1. The molecule has 0 radical (unpaired) electrons. The first-order valence-electron chi connectivity index (χ1n) is 18.1. The molecule has 0 atom stereocenters. The van der Waals surface area contributed by atoms with Crippen LogP contribution in [0, 0.1) is 0 Å². The van der Waals surface area contributed by atoms with Crippen molar-refractivity contribution in [2.45, 2.75) is 0 Å². The Kier molecular flexibility index (Phi) is 6.55. The highest BCUT2D eigenvalue weighted by Gasteiger charge is 2.21. The Morgan fingerprint density at radius 2 is 1.00 bits per heavy atom. The molecule has 0 aliphatic carbocycles. The molecule has 11 aromatic rings. The predicted molar refractivity (Wildman–Crippen MR) is 223 cm³/mol. The third kappa shape index (κ3) is 4.68. The molecular weight excluding hydrogens is 645 g/mol. The molecule has 53 heavy (non-hydrogen) atoms. The fraction of sp³-hybridized carbons (Fsp3) is 0. The van der Waals surface area contributed by atoms with Crippen LogP contribution < -0.4 is 4.90 Å². The van der Waals surface area contributed by atoms with Crippen LogP contribution in [0.25, 0.3) is 82.1 Å². The molecule has 3 heteroatoms. The van der Waals surface area contributed by atoms with Gasteiger partial charge in [-0.3, -0.25) is 0 Å². The van der Waals surface area contributed by atoms with Crippen molar-refractivity contribution in [2.24, 2.45) is 0 Å². The molecule has 2 aromatic heterocycles. The standard InChI is InChI=1S/C50H32N2O/c1-2-14-38(15-3-1)52-46-19-9-8-17-42(46)45-32-37(25-30-47(45)52)34-21-26-39(27-22-34)51(40-28-23-33-11-4-5-13-36(33)31-40)48-20-10-18-43-44-29-24-35-12-6-7-16-41(35)49(44)53-50(43)48/h1-32H. The summed E-state index contributed by atoms with van der Waals surface area (Å²) in [5.41, 5.74) is 10.8. The van der Waals surface area contributed by atoms with Crippen LogP contribution >= 0.6 is 0 Å². The molecule has 3 nitrogen and oxygen atoms in total. The topological polar surface area (TPSA) is 21.3 Å². The van der Waals surface area contributed by atoms with E-state index in [9.17, 15) is 0 Å². The zero-order valence-electron chi connectivity index (χ0n) is 28.8. The fourth-order valence-electron chi connectivity index (χ4n) is 8.24. The van der Waals surface area contributed by atoms with Crippen LogP contribution in [0.15, 0.2) is 199 Å². The molecule has 0 N–H and O–H groups in total.